The van der Waals surface area contributed by atoms with Crippen LogP contribution in [0.25, 0.3) is 0 Å². The fourth-order valence-corrected chi connectivity index (χ4v) is 2.30. The molecule has 0 aliphatic rings. The zero-order valence-corrected chi connectivity index (χ0v) is 11.4. The van der Waals surface area contributed by atoms with Gasteiger partial charge >= 0.3 is 0 Å². The number of aromatic nitrogens is 2. The fraction of sp³-hybridized carbons (Fsp3) is 0.308. The average Bonchev–Trinajstić information content (AvgIpc) is 2.91. The molecule has 0 saturated heterocycles. The molecule has 0 radical (unpaired) electrons. The van der Waals surface area contributed by atoms with Crippen LogP contribution in [0.5, 0.6) is 0 Å². The Kier molecular flexibility index (Phi) is 4.59. The van der Waals surface area contributed by atoms with Crippen LogP contribution >= 0.6 is 11.3 Å². The summed E-state index contributed by atoms with van der Waals surface area (Å²) in [5, 5.41) is 13.0. The van der Waals surface area contributed by atoms with Gasteiger partial charge in [-0.1, -0.05) is 0 Å². The molecule has 2 aromatic rings. The van der Waals surface area contributed by atoms with Gasteiger partial charge in [-0.15, -0.1) is 0 Å². The number of carbonyl (C=O) groups excluding carboxylic acids is 1. The van der Waals surface area contributed by atoms with E-state index >= 15 is 0 Å². The van der Waals surface area contributed by atoms with E-state index in [0.29, 0.717) is 12.2 Å². The second-order valence-corrected chi connectivity index (χ2v) is 4.90. The van der Waals surface area contributed by atoms with Gasteiger partial charge in [-0.3, -0.25) is 9.78 Å². The molecule has 2 heterocycles. The minimum atomic E-state index is -0.215. The van der Waals surface area contributed by atoms with E-state index in [9.17, 15) is 4.79 Å². The van der Waals surface area contributed by atoms with Crippen LogP contribution in [-0.2, 0) is 6.54 Å². The Balaban J connectivity index is 2.13. The highest BCUT2D eigenvalue weighted by atomic mass is 32.1. The molecule has 0 spiro atoms. The lowest BCUT2D eigenvalue weighted by Crippen LogP contribution is -2.33. The van der Waals surface area contributed by atoms with Crippen LogP contribution in [0.4, 0.5) is 0 Å². The molecule has 100 valence electrons. The molecular formula is C13H15N3O2S. The van der Waals surface area contributed by atoms with Crippen molar-refractivity contribution in [3.63, 3.8) is 0 Å². The fourth-order valence-electron chi connectivity index (χ4n) is 1.64. The van der Waals surface area contributed by atoms with Crippen molar-refractivity contribution in [3.05, 3.63) is 46.2 Å². The van der Waals surface area contributed by atoms with Crippen molar-refractivity contribution in [1.29, 1.82) is 0 Å². The van der Waals surface area contributed by atoms with Gasteiger partial charge in [0.1, 0.15) is 5.69 Å². The highest BCUT2D eigenvalue weighted by Gasteiger charge is 2.17. The van der Waals surface area contributed by atoms with Crippen LogP contribution < -0.4 is 0 Å². The van der Waals surface area contributed by atoms with Crippen LogP contribution in [0.2, 0.25) is 0 Å². The van der Waals surface area contributed by atoms with Gasteiger partial charge in [-0.05, 0) is 29.3 Å². The van der Waals surface area contributed by atoms with Crippen LogP contribution in [0.15, 0.2) is 29.2 Å². The molecule has 5 nitrogen and oxygen atoms in total. The molecule has 0 aliphatic carbocycles. The van der Waals surface area contributed by atoms with E-state index in [2.05, 4.69) is 9.97 Å². The van der Waals surface area contributed by atoms with Crippen LogP contribution in [0, 0.1) is 6.92 Å². The summed E-state index contributed by atoms with van der Waals surface area (Å²) in [5.74, 6) is -0.215. The van der Waals surface area contributed by atoms with Gasteiger partial charge < -0.3 is 10.0 Å². The van der Waals surface area contributed by atoms with E-state index in [1.165, 1.54) is 6.20 Å². The molecule has 1 amide bonds. The van der Waals surface area contributed by atoms with Crippen molar-refractivity contribution in [1.82, 2.24) is 14.9 Å². The first-order valence-corrected chi connectivity index (χ1v) is 6.85. The van der Waals surface area contributed by atoms with Gasteiger partial charge in [-0.25, -0.2) is 4.98 Å². The Morgan fingerprint density at radius 2 is 2.26 bits per heavy atom. The van der Waals surface area contributed by atoms with E-state index in [1.807, 2.05) is 23.8 Å². The molecule has 0 aliphatic heterocycles. The predicted octanol–water partition coefficient (Wildman–Crippen LogP) is 1.48. The van der Waals surface area contributed by atoms with E-state index in [0.717, 1.165) is 11.3 Å². The van der Waals surface area contributed by atoms with Crippen molar-refractivity contribution in [2.75, 3.05) is 13.2 Å². The van der Waals surface area contributed by atoms with Gasteiger partial charge in [0.2, 0.25) is 0 Å². The Hall–Kier alpha value is -1.79. The zero-order valence-electron chi connectivity index (χ0n) is 10.6. The minimum absolute atomic E-state index is 0.0742. The molecular weight excluding hydrogens is 262 g/mol. The summed E-state index contributed by atoms with van der Waals surface area (Å²) in [4.78, 5) is 22.0. The van der Waals surface area contributed by atoms with Gasteiger partial charge in [0, 0.05) is 19.3 Å². The summed E-state index contributed by atoms with van der Waals surface area (Å²) in [6.07, 6.45) is 3.03. The molecule has 1 N–H and O–H groups in total. The van der Waals surface area contributed by atoms with Gasteiger partial charge in [-0.2, -0.15) is 11.3 Å². The standard InChI is InChI=1S/C13H15N3O2S/c1-10-6-15-12(7-14-10)13(18)16(3-4-17)8-11-2-5-19-9-11/h2,5-7,9,17H,3-4,8H2,1H3. The van der Waals surface area contributed by atoms with Crippen molar-refractivity contribution in [3.8, 4) is 0 Å². The maximum atomic E-state index is 12.3. The van der Waals surface area contributed by atoms with Crippen molar-refractivity contribution in [2.24, 2.45) is 0 Å². The lowest BCUT2D eigenvalue weighted by Gasteiger charge is -2.20. The third-order valence-corrected chi connectivity index (χ3v) is 3.34. The number of nitrogens with zero attached hydrogens (tertiary/aromatic N) is 3. The molecule has 0 bridgehead atoms. The van der Waals surface area contributed by atoms with E-state index in [-0.39, 0.29) is 19.1 Å². The lowest BCUT2D eigenvalue weighted by atomic mass is 10.3. The first kappa shape index (κ1) is 13.6. The number of aliphatic hydroxyl groups is 1. The third-order valence-electron chi connectivity index (χ3n) is 2.61. The third kappa shape index (κ3) is 3.59. The first-order valence-electron chi connectivity index (χ1n) is 5.90. The number of amides is 1. The van der Waals surface area contributed by atoms with Crippen LogP contribution in [0.3, 0.4) is 0 Å². The SMILES string of the molecule is Cc1cnc(C(=O)N(CCO)Cc2ccsc2)cn1. The Bertz CT molecular complexity index is 525. The van der Waals surface area contributed by atoms with Crippen LogP contribution in [-0.4, -0.2) is 39.0 Å². The monoisotopic (exact) mass is 277 g/mol. The van der Waals surface area contributed by atoms with Gasteiger partial charge in [0.15, 0.2) is 0 Å². The maximum Gasteiger partial charge on any atom is 0.274 e. The summed E-state index contributed by atoms with van der Waals surface area (Å²) in [5.41, 5.74) is 2.12. The molecule has 19 heavy (non-hydrogen) atoms. The number of hydrogen-bond donors (Lipinski definition) is 1. The number of thiophene rings is 1. The summed E-state index contributed by atoms with van der Waals surface area (Å²) in [7, 11) is 0. The van der Waals surface area contributed by atoms with E-state index in [4.69, 9.17) is 5.11 Å². The minimum Gasteiger partial charge on any atom is -0.395 e. The molecule has 6 heteroatoms. The first-order chi connectivity index (χ1) is 9.20. The smallest absolute Gasteiger partial charge is 0.274 e. The summed E-state index contributed by atoms with van der Waals surface area (Å²) < 4.78 is 0. The molecule has 0 aromatic carbocycles. The van der Waals surface area contributed by atoms with Crippen LogP contribution in [0.1, 0.15) is 21.7 Å². The number of aliphatic hydroxyl groups excluding tert-OH is 1. The average molecular weight is 277 g/mol. The summed E-state index contributed by atoms with van der Waals surface area (Å²) >= 11 is 1.58. The quantitative estimate of drug-likeness (QED) is 0.899. The Morgan fingerprint density at radius 1 is 1.42 bits per heavy atom. The molecule has 2 rings (SSSR count). The highest BCUT2D eigenvalue weighted by molar-refractivity contribution is 7.07. The molecule has 0 atom stereocenters. The number of aryl methyl sites for hydroxylation is 1. The predicted molar refractivity (Wildman–Crippen MR) is 72.9 cm³/mol. The topological polar surface area (TPSA) is 66.3 Å². The normalized spacial score (nSPS) is 10.4. The number of hydrogen-bond acceptors (Lipinski definition) is 5. The Morgan fingerprint density at radius 3 is 2.84 bits per heavy atom. The number of carbonyl (C=O) groups is 1. The summed E-state index contributed by atoms with van der Waals surface area (Å²) in [6, 6.07) is 1.96. The maximum absolute atomic E-state index is 12.3. The second-order valence-electron chi connectivity index (χ2n) is 4.12. The van der Waals surface area contributed by atoms with Gasteiger partial charge in [0.05, 0.1) is 18.5 Å². The molecule has 0 saturated carbocycles. The highest BCUT2D eigenvalue weighted by Crippen LogP contribution is 2.11. The van der Waals surface area contributed by atoms with E-state index < -0.39 is 0 Å². The van der Waals surface area contributed by atoms with Crippen molar-refractivity contribution in [2.45, 2.75) is 13.5 Å². The number of rotatable bonds is 5. The van der Waals surface area contributed by atoms with Crippen molar-refractivity contribution >= 4 is 17.2 Å². The van der Waals surface area contributed by atoms with Gasteiger partial charge in [0.25, 0.3) is 5.91 Å². The largest absolute Gasteiger partial charge is 0.395 e. The molecule has 0 unspecified atom stereocenters. The molecule has 2 aromatic heterocycles. The van der Waals surface area contributed by atoms with Crippen molar-refractivity contribution < 1.29 is 9.90 Å². The molecule has 0 fully saturated rings. The second kappa shape index (κ2) is 6.40. The Labute approximate surface area is 115 Å². The lowest BCUT2D eigenvalue weighted by molar-refractivity contribution is 0.0701. The zero-order chi connectivity index (χ0) is 13.7. The van der Waals surface area contributed by atoms with E-state index in [1.54, 1.807) is 22.4 Å². The summed E-state index contributed by atoms with van der Waals surface area (Å²) in [6.45, 7) is 2.50.